The van der Waals surface area contributed by atoms with Crippen LogP contribution < -0.4 is 10.2 Å². The second-order valence-electron chi connectivity index (χ2n) is 17.6. The molecule has 0 spiro atoms. The Morgan fingerprint density at radius 3 is 2.15 bits per heavy atom. The van der Waals surface area contributed by atoms with Crippen LogP contribution in [0.25, 0.3) is 11.1 Å². The third-order valence-electron chi connectivity index (χ3n) is 11.4. The molecule has 1 aliphatic heterocycles. The Labute approximate surface area is 370 Å². The van der Waals surface area contributed by atoms with E-state index in [9.17, 15) is 0 Å². The predicted octanol–water partition coefficient (Wildman–Crippen LogP) is 16.1. The quantitative estimate of drug-likeness (QED) is 0.101. The summed E-state index contributed by atoms with van der Waals surface area (Å²) in [7, 11) is 2.33. The molecule has 4 aromatic carbocycles. The number of allylic oxidation sites excluding steroid dienone is 17. The normalized spacial score (nSPS) is 17.6. The highest BCUT2D eigenvalue weighted by Gasteiger charge is 2.34. The van der Waals surface area contributed by atoms with Crippen LogP contribution >= 0.6 is 0 Å². The van der Waals surface area contributed by atoms with Gasteiger partial charge in [-0.15, -0.1) is 0 Å². The van der Waals surface area contributed by atoms with E-state index in [0.717, 1.165) is 35.5 Å². The molecule has 2 unspecified atom stereocenters. The molecule has 1 heterocycles. The predicted molar refractivity (Wildman–Crippen MR) is 275 cm³/mol. The lowest BCUT2D eigenvalue weighted by Crippen LogP contribution is -2.27. The maximum Gasteiger partial charge on any atom is 0.112 e. The summed E-state index contributed by atoms with van der Waals surface area (Å²) < 4.78 is 0. The molecule has 61 heavy (non-hydrogen) atoms. The van der Waals surface area contributed by atoms with E-state index in [4.69, 9.17) is 0 Å². The first kappa shape index (κ1) is 46.3. The van der Waals surface area contributed by atoms with Crippen molar-refractivity contribution in [3.63, 3.8) is 0 Å². The summed E-state index contributed by atoms with van der Waals surface area (Å²) in [6, 6.07) is 27.6. The highest BCUT2D eigenvalue weighted by Crippen LogP contribution is 2.52. The lowest BCUT2D eigenvalue weighted by atomic mass is 9.75. The van der Waals surface area contributed by atoms with Gasteiger partial charge in [0.1, 0.15) is 7.85 Å². The first-order valence-corrected chi connectivity index (χ1v) is 22.3. The molecule has 2 atom stereocenters. The monoisotopic (exact) mass is 805 g/mol. The zero-order valence-corrected chi connectivity index (χ0v) is 39.2. The zero-order chi connectivity index (χ0) is 44.3. The Balaban J connectivity index is 1.98. The maximum absolute atomic E-state index is 4.02. The summed E-state index contributed by atoms with van der Waals surface area (Å²) >= 11 is 0. The minimum atomic E-state index is -0.145. The second-order valence-corrected chi connectivity index (χ2v) is 17.6. The zero-order valence-electron chi connectivity index (χ0n) is 39.2. The average Bonchev–Trinajstić information content (AvgIpc) is 3.22. The Kier molecular flexibility index (Phi) is 16.0. The highest BCUT2D eigenvalue weighted by molar-refractivity contribution is 6.14. The van der Waals surface area contributed by atoms with Gasteiger partial charge in [-0.2, -0.15) is 0 Å². The minimum Gasteiger partial charge on any atom is -0.355 e. The fourth-order valence-corrected chi connectivity index (χ4v) is 8.28. The summed E-state index contributed by atoms with van der Waals surface area (Å²) in [5, 5.41) is 3.92. The van der Waals surface area contributed by atoms with Gasteiger partial charge < -0.3 is 10.2 Å². The van der Waals surface area contributed by atoms with Crippen LogP contribution in [0.5, 0.6) is 0 Å². The van der Waals surface area contributed by atoms with Crippen molar-refractivity contribution in [1.82, 2.24) is 0 Å². The number of fused-ring (bicyclic) bond motifs is 1. The highest BCUT2D eigenvalue weighted by atomic mass is 15.2. The van der Waals surface area contributed by atoms with Crippen molar-refractivity contribution < 1.29 is 0 Å². The van der Waals surface area contributed by atoms with Crippen LogP contribution in [0.4, 0.5) is 22.7 Å². The summed E-state index contributed by atoms with van der Waals surface area (Å²) in [5.41, 5.74) is 19.2. The molecule has 5 rings (SSSR count). The van der Waals surface area contributed by atoms with Gasteiger partial charge in [-0.25, -0.2) is 0 Å². The summed E-state index contributed by atoms with van der Waals surface area (Å²) in [6.07, 6.45) is 30.6. The van der Waals surface area contributed by atoms with Crippen LogP contribution in [0.1, 0.15) is 119 Å². The minimum absolute atomic E-state index is 0.0836. The molecule has 0 saturated heterocycles. The topological polar surface area (TPSA) is 15.3 Å². The molecule has 2 nitrogen and oxygen atoms in total. The third kappa shape index (κ3) is 11.1. The third-order valence-corrected chi connectivity index (χ3v) is 11.4. The summed E-state index contributed by atoms with van der Waals surface area (Å²) in [4.78, 5) is 2.62. The Bertz CT molecular complexity index is 2430. The van der Waals surface area contributed by atoms with Crippen LogP contribution in [0.15, 0.2) is 170 Å². The SMILES string of the molecule is BC(C)/C1=C\C(C)=C/C(c2ccc(C/C=C\C=C/CC)cc2Nc2ccc(C)cc2)c2ccc(C(C)(C)C)c(C(/C=C\C)=C/C)c2N1c1ccc(C)cc1C(/C=C\C=C)=C/C. The van der Waals surface area contributed by atoms with Gasteiger partial charge in [-0.05, 0) is 135 Å². The molecule has 0 aliphatic carbocycles. The molecule has 314 valence electrons. The number of aryl methyl sites for hydroxylation is 2. The average molecular weight is 805 g/mol. The largest absolute Gasteiger partial charge is 0.355 e. The van der Waals surface area contributed by atoms with Gasteiger partial charge in [0.15, 0.2) is 0 Å². The lowest BCUT2D eigenvalue weighted by Gasteiger charge is -2.40. The van der Waals surface area contributed by atoms with E-state index in [0.29, 0.717) is 0 Å². The lowest BCUT2D eigenvalue weighted by molar-refractivity contribution is 0.588. The van der Waals surface area contributed by atoms with Gasteiger partial charge >= 0.3 is 0 Å². The fraction of sp³-hybridized carbons (Fsp3) is 0.276. The van der Waals surface area contributed by atoms with Crippen molar-refractivity contribution in [3.8, 4) is 0 Å². The molecule has 0 aromatic heterocycles. The maximum atomic E-state index is 4.02. The van der Waals surface area contributed by atoms with Gasteiger partial charge in [0.2, 0.25) is 0 Å². The number of benzene rings is 4. The van der Waals surface area contributed by atoms with Crippen LogP contribution in [0.2, 0.25) is 5.82 Å². The van der Waals surface area contributed by atoms with E-state index in [1.54, 1.807) is 0 Å². The molecule has 0 saturated carbocycles. The molecule has 3 heteroatoms. The Morgan fingerprint density at radius 2 is 1.51 bits per heavy atom. The second kappa shape index (κ2) is 21.1. The fourth-order valence-electron chi connectivity index (χ4n) is 8.28. The van der Waals surface area contributed by atoms with Gasteiger partial charge in [-0.3, -0.25) is 0 Å². The smallest absolute Gasteiger partial charge is 0.112 e. The van der Waals surface area contributed by atoms with E-state index in [1.165, 1.54) is 67.0 Å². The van der Waals surface area contributed by atoms with Gasteiger partial charge in [0.05, 0.1) is 11.4 Å². The molecule has 1 aliphatic rings. The number of nitrogens with zero attached hydrogens (tertiary/aromatic N) is 1. The number of anilines is 4. The van der Waals surface area contributed by atoms with E-state index in [2.05, 4.69) is 240 Å². The first-order valence-electron chi connectivity index (χ1n) is 22.3. The molecule has 4 aromatic rings. The van der Waals surface area contributed by atoms with Crippen molar-refractivity contribution in [1.29, 1.82) is 0 Å². The van der Waals surface area contributed by atoms with Crippen LogP contribution in [-0.2, 0) is 11.8 Å². The van der Waals surface area contributed by atoms with Crippen molar-refractivity contribution in [3.05, 3.63) is 214 Å². The number of nitrogens with one attached hydrogen (secondary N) is 1. The van der Waals surface area contributed by atoms with E-state index < -0.39 is 0 Å². The standard InChI is InChI=1S/C58H69BN2/c1-13-18-20-21-22-24-44-29-32-48(53(39-44)60-47-30-26-40(6)27-31-47)51-37-42(8)38-55(43(9)59)61(54-35-28-41(7)36-50(54)45(16-4)25-19-14-2)57-49(51)33-34-52(58(10,11)12)56(57)46(17-5)23-15-3/h14-23,25-39,43,51,60H,2,13,24,59H2,1,3-12H3/b20-18-,22-21-,23-15-,25-19-,42-37-,45-16+,46-17+,55-38+. The van der Waals surface area contributed by atoms with E-state index in [1.807, 2.05) is 12.2 Å². The Hall–Kier alpha value is -5.80. The number of hydrogen-bond donors (Lipinski definition) is 1. The van der Waals surface area contributed by atoms with Crippen molar-refractivity contribution in [2.45, 2.75) is 106 Å². The van der Waals surface area contributed by atoms with E-state index >= 15 is 0 Å². The van der Waals surface area contributed by atoms with Gasteiger partial charge in [0.25, 0.3) is 0 Å². The van der Waals surface area contributed by atoms with Crippen LogP contribution in [0.3, 0.4) is 0 Å². The molecular weight excluding hydrogens is 735 g/mol. The van der Waals surface area contributed by atoms with Crippen LogP contribution in [-0.4, -0.2) is 7.85 Å². The Morgan fingerprint density at radius 1 is 0.820 bits per heavy atom. The number of hydrogen-bond acceptors (Lipinski definition) is 2. The first-order chi connectivity index (χ1) is 29.3. The molecule has 0 amide bonds. The van der Waals surface area contributed by atoms with Crippen LogP contribution in [0, 0.1) is 13.8 Å². The summed E-state index contributed by atoms with van der Waals surface area (Å²) in [5.74, 6) is 0.125. The van der Waals surface area contributed by atoms with Crippen molar-refractivity contribution >= 4 is 41.7 Å². The molecule has 0 radical (unpaired) electrons. The van der Waals surface area contributed by atoms with Crippen molar-refractivity contribution in [2.75, 3.05) is 10.2 Å². The van der Waals surface area contributed by atoms with Gasteiger partial charge in [-0.1, -0.05) is 173 Å². The molecular formula is C58H69BN2. The summed E-state index contributed by atoms with van der Waals surface area (Å²) in [6.45, 7) is 28.6. The number of rotatable bonds is 14. The molecule has 0 fully saturated rings. The molecule has 0 bridgehead atoms. The van der Waals surface area contributed by atoms with Crippen molar-refractivity contribution in [2.24, 2.45) is 0 Å². The van der Waals surface area contributed by atoms with Gasteiger partial charge in [0, 0.05) is 34.1 Å². The van der Waals surface area contributed by atoms with E-state index in [-0.39, 0.29) is 17.2 Å². The molecule has 1 N–H and O–H groups in total.